The number of aliphatic hydroxyl groups is 1. The monoisotopic (exact) mass is 238 g/mol. The molecule has 1 N–H and O–H groups in total. The quantitative estimate of drug-likeness (QED) is 0.859. The van der Waals surface area contributed by atoms with Crippen molar-refractivity contribution in [2.75, 3.05) is 0 Å². The Morgan fingerprint density at radius 2 is 2.18 bits per heavy atom. The molecule has 1 heterocycles. The van der Waals surface area contributed by atoms with Gasteiger partial charge >= 0.3 is 0 Å². The minimum atomic E-state index is -0.638. The van der Waals surface area contributed by atoms with Gasteiger partial charge in [-0.1, -0.05) is 32.9 Å². The highest BCUT2D eigenvalue weighted by atomic mass is 16.5. The zero-order valence-electron chi connectivity index (χ0n) is 11.2. The molecule has 0 spiro atoms. The van der Waals surface area contributed by atoms with E-state index >= 15 is 0 Å². The van der Waals surface area contributed by atoms with Crippen molar-refractivity contribution in [3.05, 3.63) is 11.7 Å². The fourth-order valence-electron chi connectivity index (χ4n) is 2.44. The van der Waals surface area contributed by atoms with Crippen molar-refractivity contribution < 1.29 is 9.63 Å². The van der Waals surface area contributed by atoms with Gasteiger partial charge in [-0.15, -0.1) is 0 Å². The van der Waals surface area contributed by atoms with Gasteiger partial charge in [-0.25, -0.2) is 0 Å². The van der Waals surface area contributed by atoms with Gasteiger partial charge in [0.25, 0.3) is 0 Å². The summed E-state index contributed by atoms with van der Waals surface area (Å²) in [5.74, 6) is 1.86. The van der Waals surface area contributed by atoms with Crippen LogP contribution < -0.4 is 0 Å². The van der Waals surface area contributed by atoms with Gasteiger partial charge in [0.05, 0.1) is 12.0 Å². The van der Waals surface area contributed by atoms with E-state index in [-0.39, 0.29) is 5.41 Å². The van der Waals surface area contributed by atoms with Crippen LogP contribution in [-0.4, -0.2) is 20.8 Å². The largest absolute Gasteiger partial charge is 0.389 e. The van der Waals surface area contributed by atoms with Crippen LogP contribution in [0.2, 0.25) is 0 Å². The molecule has 1 fully saturated rings. The Balaban J connectivity index is 2.07. The molecule has 96 valence electrons. The van der Waals surface area contributed by atoms with E-state index in [1.807, 2.05) is 20.8 Å². The van der Waals surface area contributed by atoms with Crippen molar-refractivity contribution in [2.24, 2.45) is 5.92 Å². The maximum absolute atomic E-state index is 10.4. The summed E-state index contributed by atoms with van der Waals surface area (Å²) in [6, 6.07) is 0. The lowest BCUT2D eigenvalue weighted by Gasteiger charge is -2.19. The smallest absolute Gasteiger partial charge is 0.229 e. The molecule has 4 nitrogen and oxygen atoms in total. The first kappa shape index (κ1) is 12.6. The van der Waals surface area contributed by atoms with Crippen LogP contribution in [0.15, 0.2) is 4.52 Å². The Kier molecular flexibility index (Phi) is 3.02. The third-order valence-corrected chi connectivity index (χ3v) is 3.45. The third-order valence-electron chi connectivity index (χ3n) is 3.45. The zero-order chi connectivity index (χ0) is 12.7. The summed E-state index contributed by atoms with van der Waals surface area (Å²) >= 11 is 0. The van der Waals surface area contributed by atoms with Crippen LogP contribution in [0.1, 0.15) is 58.7 Å². The van der Waals surface area contributed by atoms with Gasteiger partial charge < -0.3 is 9.63 Å². The topological polar surface area (TPSA) is 59.2 Å². The van der Waals surface area contributed by atoms with E-state index < -0.39 is 5.60 Å². The molecule has 0 radical (unpaired) electrons. The van der Waals surface area contributed by atoms with Crippen molar-refractivity contribution in [1.29, 1.82) is 0 Å². The molecule has 0 aliphatic heterocycles. The average Bonchev–Trinajstić information content (AvgIpc) is 2.73. The molecule has 0 saturated heterocycles. The number of hydrogen-bond acceptors (Lipinski definition) is 4. The predicted molar refractivity (Wildman–Crippen MR) is 64.7 cm³/mol. The summed E-state index contributed by atoms with van der Waals surface area (Å²) in [5, 5.41) is 14.4. The summed E-state index contributed by atoms with van der Waals surface area (Å²) in [6.45, 7) is 8.32. The fraction of sp³-hybridized carbons (Fsp3) is 0.846. The average molecular weight is 238 g/mol. The molecule has 2 rings (SSSR count). The first-order valence-electron chi connectivity index (χ1n) is 6.34. The van der Waals surface area contributed by atoms with Gasteiger partial charge in [-0.2, -0.15) is 4.98 Å². The van der Waals surface area contributed by atoms with Gasteiger partial charge in [-0.3, -0.25) is 0 Å². The van der Waals surface area contributed by atoms with Gasteiger partial charge in [0.15, 0.2) is 5.82 Å². The van der Waals surface area contributed by atoms with Gasteiger partial charge in [0, 0.05) is 5.41 Å². The zero-order valence-corrected chi connectivity index (χ0v) is 11.2. The van der Waals surface area contributed by atoms with E-state index in [1.54, 1.807) is 0 Å². The maximum Gasteiger partial charge on any atom is 0.229 e. The molecule has 1 aliphatic rings. The molecule has 0 unspecified atom stereocenters. The van der Waals surface area contributed by atoms with Crippen LogP contribution in [0.25, 0.3) is 0 Å². The summed E-state index contributed by atoms with van der Waals surface area (Å²) in [5.41, 5.74) is -0.742. The first-order valence-corrected chi connectivity index (χ1v) is 6.34. The lowest BCUT2D eigenvalue weighted by molar-refractivity contribution is 0.0368. The van der Waals surface area contributed by atoms with Crippen molar-refractivity contribution in [2.45, 2.75) is 64.4 Å². The Morgan fingerprint density at radius 3 is 2.65 bits per heavy atom. The molecule has 1 aromatic heterocycles. The van der Waals surface area contributed by atoms with Gasteiger partial charge in [0.2, 0.25) is 5.89 Å². The molecular formula is C13H22N2O2. The summed E-state index contributed by atoms with van der Waals surface area (Å²) in [6.07, 6.45) is 3.23. The molecule has 0 bridgehead atoms. The van der Waals surface area contributed by atoms with Crippen LogP contribution in [-0.2, 0) is 11.8 Å². The molecule has 0 aromatic carbocycles. The summed E-state index contributed by atoms with van der Waals surface area (Å²) in [7, 11) is 0. The molecule has 1 aromatic rings. The summed E-state index contributed by atoms with van der Waals surface area (Å²) < 4.78 is 5.23. The van der Waals surface area contributed by atoms with Gasteiger partial charge in [-0.05, 0) is 25.2 Å². The predicted octanol–water partition coefficient (Wildman–Crippen LogP) is 2.46. The number of aromatic nitrogens is 2. The maximum atomic E-state index is 10.4. The second kappa shape index (κ2) is 4.09. The lowest BCUT2D eigenvalue weighted by Crippen LogP contribution is -2.28. The molecule has 4 heteroatoms. The van der Waals surface area contributed by atoms with E-state index in [4.69, 9.17) is 4.52 Å². The third kappa shape index (κ3) is 2.86. The number of nitrogens with zero attached hydrogens (tertiary/aromatic N) is 2. The van der Waals surface area contributed by atoms with E-state index in [9.17, 15) is 5.11 Å². The Bertz CT molecular complexity index is 394. The fourth-order valence-corrected chi connectivity index (χ4v) is 2.44. The van der Waals surface area contributed by atoms with Crippen LogP contribution >= 0.6 is 0 Å². The van der Waals surface area contributed by atoms with Crippen molar-refractivity contribution in [1.82, 2.24) is 10.1 Å². The van der Waals surface area contributed by atoms with Crippen LogP contribution in [0, 0.1) is 5.92 Å². The van der Waals surface area contributed by atoms with E-state index in [1.165, 1.54) is 0 Å². The molecule has 17 heavy (non-hydrogen) atoms. The van der Waals surface area contributed by atoms with E-state index in [0.29, 0.717) is 24.1 Å². The van der Waals surface area contributed by atoms with E-state index in [2.05, 4.69) is 17.1 Å². The second-order valence-electron chi connectivity index (χ2n) is 6.51. The standard InChI is InChI=1S/C13H22N2O2/c1-9-5-6-13(16,7-9)8-10-14-11(15-17-10)12(2,3)4/h9,16H,5-8H2,1-4H3/t9-,13+/m1/s1. The normalized spacial score (nSPS) is 29.8. The molecular weight excluding hydrogens is 216 g/mol. The highest BCUT2D eigenvalue weighted by Crippen LogP contribution is 2.36. The van der Waals surface area contributed by atoms with Crippen LogP contribution in [0.4, 0.5) is 0 Å². The van der Waals surface area contributed by atoms with Crippen molar-refractivity contribution in [3.8, 4) is 0 Å². The lowest BCUT2D eigenvalue weighted by atomic mass is 9.95. The van der Waals surface area contributed by atoms with Crippen molar-refractivity contribution >= 4 is 0 Å². The minimum Gasteiger partial charge on any atom is -0.389 e. The Labute approximate surface area is 102 Å². The molecule has 2 atom stereocenters. The SMILES string of the molecule is C[C@@H]1CC[C@@](O)(Cc2nc(C(C)(C)C)no2)C1. The van der Waals surface area contributed by atoms with Crippen LogP contribution in [0.5, 0.6) is 0 Å². The minimum absolute atomic E-state index is 0.104. The Hall–Kier alpha value is -0.900. The second-order valence-corrected chi connectivity index (χ2v) is 6.51. The number of rotatable bonds is 2. The van der Waals surface area contributed by atoms with Crippen LogP contribution in [0.3, 0.4) is 0 Å². The first-order chi connectivity index (χ1) is 7.78. The highest BCUT2D eigenvalue weighted by Gasteiger charge is 2.37. The van der Waals surface area contributed by atoms with Crippen molar-refractivity contribution in [3.63, 3.8) is 0 Å². The number of hydrogen-bond donors (Lipinski definition) is 1. The Morgan fingerprint density at radius 1 is 1.47 bits per heavy atom. The molecule has 1 aliphatic carbocycles. The molecule has 0 amide bonds. The highest BCUT2D eigenvalue weighted by molar-refractivity contribution is 5.02. The van der Waals surface area contributed by atoms with E-state index in [0.717, 1.165) is 19.3 Å². The summed E-state index contributed by atoms with van der Waals surface area (Å²) in [4.78, 5) is 4.38. The molecule has 1 saturated carbocycles. The van der Waals surface area contributed by atoms with Gasteiger partial charge in [0.1, 0.15) is 0 Å².